The summed E-state index contributed by atoms with van der Waals surface area (Å²) < 4.78 is 45.5. The van der Waals surface area contributed by atoms with Crippen molar-refractivity contribution in [1.29, 1.82) is 0 Å². The van der Waals surface area contributed by atoms with Gasteiger partial charge in [0, 0.05) is 0 Å². The molecule has 0 atom stereocenters. The van der Waals surface area contributed by atoms with Crippen molar-refractivity contribution in [2.45, 2.75) is 45.5 Å². The third-order valence-electron chi connectivity index (χ3n) is 5.03. The lowest BCUT2D eigenvalue weighted by atomic mass is 9.79. The van der Waals surface area contributed by atoms with Crippen molar-refractivity contribution < 1.29 is 27.6 Å². The standard InChI is InChI=1S/C20H22BF2NO4/c1-19(2)20(3,4)28-21(27-19)14-10-15(22)17(16(23)11-14)24-18(25)26-12-13-8-6-5-7-9-13/h5-11H,12H2,1-4H3,(H,24,25). The van der Waals surface area contributed by atoms with E-state index in [0.717, 1.165) is 17.7 Å². The van der Waals surface area contributed by atoms with Gasteiger partial charge in [-0.15, -0.1) is 0 Å². The maximum Gasteiger partial charge on any atom is 0.495 e. The SMILES string of the molecule is CC1(C)OB(c2cc(F)c(NC(=O)OCc3ccccc3)c(F)c2)OC1(C)C. The van der Waals surface area contributed by atoms with Crippen LogP contribution in [0.5, 0.6) is 0 Å². The Morgan fingerprint density at radius 1 is 1.04 bits per heavy atom. The van der Waals surface area contributed by atoms with E-state index < -0.39 is 41.7 Å². The van der Waals surface area contributed by atoms with Gasteiger partial charge in [0.15, 0.2) is 0 Å². The quantitative estimate of drug-likeness (QED) is 0.803. The molecule has 1 saturated heterocycles. The predicted octanol–water partition coefficient (Wildman–Crippen LogP) is 4.01. The molecule has 0 aliphatic carbocycles. The first-order chi connectivity index (χ1) is 13.1. The van der Waals surface area contributed by atoms with Crippen LogP contribution < -0.4 is 10.8 Å². The number of carbonyl (C=O) groups is 1. The Bertz CT molecular complexity index is 835. The summed E-state index contributed by atoms with van der Waals surface area (Å²) in [6.07, 6.45) is -0.954. The Morgan fingerprint density at radius 3 is 2.11 bits per heavy atom. The fourth-order valence-electron chi connectivity index (χ4n) is 2.69. The molecule has 3 rings (SSSR count). The monoisotopic (exact) mass is 389 g/mol. The highest BCUT2D eigenvalue weighted by Crippen LogP contribution is 2.36. The van der Waals surface area contributed by atoms with Crippen molar-refractivity contribution in [3.8, 4) is 0 Å². The number of hydrogen-bond donors (Lipinski definition) is 1. The molecule has 0 unspecified atom stereocenters. The van der Waals surface area contributed by atoms with E-state index >= 15 is 0 Å². The van der Waals surface area contributed by atoms with Crippen LogP contribution in [-0.2, 0) is 20.7 Å². The molecule has 0 saturated carbocycles. The number of ether oxygens (including phenoxy) is 1. The largest absolute Gasteiger partial charge is 0.495 e. The van der Waals surface area contributed by atoms with Crippen molar-refractivity contribution in [1.82, 2.24) is 0 Å². The Balaban J connectivity index is 1.69. The summed E-state index contributed by atoms with van der Waals surface area (Å²) in [5, 5.41) is 2.11. The van der Waals surface area contributed by atoms with E-state index in [-0.39, 0.29) is 12.1 Å². The minimum absolute atomic E-state index is 0.0120. The summed E-state index contributed by atoms with van der Waals surface area (Å²) >= 11 is 0. The summed E-state index contributed by atoms with van der Waals surface area (Å²) in [6, 6.07) is 11.1. The Labute approximate surface area is 163 Å². The van der Waals surface area contributed by atoms with E-state index in [1.807, 2.05) is 33.8 Å². The zero-order valence-electron chi connectivity index (χ0n) is 16.2. The highest BCUT2D eigenvalue weighted by molar-refractivity contribution is 6.62. The van der Waals surface area contributed by atoms with Crippen LogP contribution in [-0.4, -0.2) is 24.4 Å². The van der Waals surface area contributed by atoms with Gasteiger partial charge in [0.1, 0.15) is 23.9 Å². The third-order valence-corrected chi connectivity index (χ3v) is 5.03. The molecular formula is C20H22BF2NO4. The van der Waals surface area contributed by atoms with Gasteiger partial charge in [-0.25, -0.2) is 13.6 Å². The third kappa shape index (κ3) is 4.18. The zero-order chi connectivity index (χ0) is 20.5. The predicted molar refractivity (Wildman–Crippen MR) is 102 cm³/mol. The Morgan fingerprint density at radius 2 is 1.57 bits per heavy atom. The maximum absolute atomic E-state index is 14.5. The van der Waals surface area contributed by atoms with Gasteiger partial charge in [-0.3, -0.25) is 5.32 Å². The Hall–Kier alpha value is -2.45. The molecule has 28 heavy (non-hydrogen) atoms. The van der Waals surface area contributed by atoms with Gasteiger partial charge < -0.3 is 14.0 Å². The number of rotatable bonds is 4. The normalized spacial score (nSPS) is 17.4. The Kier molecular flexibility index (Phi) is 5.45. The highest BCUT2D eigenvalue weighted by Gasteiger charge is 2.52. The van der Waals surface area contributed by atoms with Gasteiger partial charge in [-0.1, -0.05) is 30.3 Å². The first-order valence-electron chi connectivity index (χ1n) is 8.91. The molecule has 2 aromatic rings. The molecule has 5 nitrogen and oxygen atoms in total. The molecule has 1 aliphatic rings. The van der Waals surface area contributed by atoms with Crippen molar-refractivity contribution in [3.05, 3.63) is 59.7 Å². The molecular weight excluding hydrogens is 367 g/mol. The van der Waals surface area contributed by atoms with Crippen LogP contribution in [0.1, 0.15) is 33.3 Å². The van der Waals surface area contributed by atoms with Gasteiger partial charge in [-0.2, -0.15) is 0 Å². The van der Waals surface area contributed by atoms with E-state index in [1.54, 1.807) is 24.3 Å². The molecule has 1 fully saturated rings. The fraction of sp³-hybridized carbons (Fsp3) is 0.350. The summed E-state index contributed by atoms with van der Waals surface area (Å²) in [4.78, 5) is 11.9. The molecule has 0 aromatic heterocycles. The van der Waals surface area contributed by atoms with Gasteiger partial charge in [0.2, 0.25) is 0 Å². The second kappa shape index (κ2) is 7.52. The lowest BCUT2D eigenvalue weighted by Crippen LogP contribution is -2.41. The van der Waals surface area contributed by atoms with Crippen molar-refractivity contribution in [3.63, 3.8) is 0 Å². The van der Waals surface area contributed by atoms with E-state index in [0.29, 0.717) is 0 Å². The second-order valence-corrected chi connectivity index (χ2v) is 7.63. The van der Waals surface area contributed by atoms with Crippen LogP contribution in [0.2, 0.25) is 0 Å². The smallest absolute Gasteiger partial charge is 0.444 e. The van der Waals surface area contributed by atoms with Crippen LogP contribution in [0, 0.1) is 11.6 Å². The average molecular weight is 389 g/mol. The molecule has 1 N–H and O–H groups in total. The number of anilines is 1. The van der Waals surface area contributed by atoms with Gasteiger partial charge in [0.05, 0.1) is 11.2 Å². The van der Waals surface area contributed by atoms with E-state index in [4.69, 9.17) is 14.0 Å². The fourth-order valence-corrected chi connectivity index (χ4v) is 2.69. The molecule has 1 heterocycles. The first-order valence-corrected chi connectivity index (χ1v) is 8.91. The lowest BCUT2D eigenvalue weighted by molar-refractivity contribution is 0.00578. The number of hydrogen-bond acceptors (Lipinski definition) is 4. The van der Waals surface area contributed by atoms with Gasteiger partial charge >= 0.3 is 13.2 Å². The second-order valence-electron chi connectivity index (χ2n) is 7.63. The van der Waals surface area contributed by atoms with Crippen LogP contribution in [0.25, 0.3) is 0 Å². The van der Waals surface area contributed by atoms with Crippen LogP contribution in [0.3, 0.4) is 0 Å². The molecule has 148 valence electrons. The first kappa shape index (κ1) is 20.3. The summed E-state index contributed by atoms with van der Waals surface area (Å²) in [5.74, 6) is -1.89. The number of amides is 1. The topological polar surface area (TPSA) is 56.8 Å². The van der Waals surface area contributed by atoms with Gasteiger partial charge in [-0.05, 0) is 50.9 Å². The molecule has 1 aliphatic heterocycles. The molecule has 0 bridgehead atoms. The van der Waals surface area contributed by atoms with Crippen molar-refractivity contribution in [2.24, 2.45) is 0 Å². The minimum atomic E-state index is -0.954. The number of benzene rings is 2. The lowest BCUT2D eigenvalue weighted by Gasteiger charge is -2.32. The molecule has 0 spiro atoms. The van der Waals surface area contributed by atoms with Crippen molar-refractivity contribution in [2.75, 3.05) is 5.32 Å². The van der Waals surface area contributed by atoms with E-state index in [2.05, 4.69) is 5.32 Å². The average Bonchev–Trinajstić information content (AvgIpc) is 2.85. The van der Waals surface area contributed by atoms with Gasteiger partial charge in [0.25, 0.3) is 0 Å². The highest BCUT2D eigenvalue weighted by atomic mass is 19.1. The molecule has 2 aromatic carbocycles. The van der Waals surface area contributed by atoms with Crippen LogP contribution in [0.15, 0.2) is 42.5 Å². The van der Waals surface area contributed by atoms with Crippen molar-refractivity contribution >= 4 is 24.4 Å². The summed E-state index contributed by atoms with van der Waals surface area (Å²) in [7, 11) is -0.909. The van der Waals surface area contributed by atoms with E-state index in [1.165, 1.54) is 0 Å². The minimum Gasteiger partial charge on any atom is -0.444 e. The summed E-state index contributed by atoms with van der Waals surface area (Å²) in [6.45, 7) is 7.37. The number of carbonyl (C=O) groups excluding carboxylic acids is 1. The molecule has 0 radical (unpaired) electrons. The van der Waals surface area contributed by atoms with Crippen LogP contribution >= 0.6 is 0 Å². The molecule has 8 heteroatoms. The zero-order valence-corrected chi connectivity index (χ0v) is 16.2. The summed E-state index contributed by atoms with van der Waals surface area (Å²) in [5.41, 5.74) is -0.907. The number of halogens is 2. The molecule has 1 amide bonds. The van der Waals surface area contributed by atoms with E-state index in [9.17, 15) is 13.6 Å². The number of nitrogens with one attached hydrogen (secondary N) is 1. The maximum atomic E-state index is 14.5. The van der Waals surface area contributed by atoms with Crippen LogP contribution in [0.4, 0.5) is 19.3 Å².